The van der Waals surface area contributed by atoms with Crippen LogP contribution >= 0.6 is 0 Å². The summed E-state index contributed by atoms with van der Waals surface area (Å²) in [6.45, 7) is 3.61. The lowest BCUT2D eigenvalue weighted by molar-refractivity contribution is -0.142. The molecule has 1 fully saturated rings. The maximum absolute atomic E-state index is 13.2. The van der Waals surface area contributed by atoms with Crippen molar-refractivity contribution in [2.45, 2.75) is 36.9 Å². The summed E-state index contributed by atoms with van der Waals surface area (Å²) in [5, 5.41) is -0.921. The molecule has 0 spiro atoms. The van der Waals surface area contributed by atoms with Crippen molar-refractivity contribution in [3.8, 4) is 0 Å². The second-order valence-corrected chi connectivity index (χ2v) is 8.86. The van der Waals surface area contributed by atoms with Gasteiger partial charge in [-0.1, -0.05) is 48.5 Å². The van der Waals surface area contributed by atoms with Gasteiger partial charge in [-0.05, 0) is 38.0 Å². The van der Waals surface area contributed by atoms with E-state index in [1.807, 2.05) is 30.3 Å². The minimum absolute atomic E-state index is 0.117. The van der Waals surface area contributed by atoms with E-state index in [1.54, 1.807) is 19.9 Å². The van der Waals surface area contributed by atoms with Gasteiger partial charge in [0.1, 0.15) is 5.72 Å². The summed E-state index contributed by atoms with van der Waals surface area (Å²) in [6, 6.07) is 16.6. The van der Waals surface area contributed by atoms with Gasteiger partial charge in [-0.15, -0.1) is 4.79 Å². The summed E-state index contributed by atoms with van der Waals surface area (Å²) in [6.07, 6.45) is 0.486. The summed E-state index contributed by atoms with van der Waals surface area (Å²) in [7, 11) is -4.28. The smallest absolute Gasteiger partial charge is 0.360 e. The quantitative estimate of drug-likeness (QED) is 0.342. The van der Waals surface area contributed by atoms with E-state index >= 15 is 0 Å². The van der Waals surface area contributed by atoms with E-state index in [1.165, 1.54) is 29.2 Å². The SMILES string of the molecule is CC1(C)OC[C@H](Cc2ccccc2)N1C(=O)C(=[N+]=[N-])S(=O)(=O)c1ccccc1. The third-order valence-electron chi connectivity index (χ3n) is 4.69. The minimum Gasteiger partial charge on any atom is -0.360 e. The monoisotopic (exact) mass is 399 g/mol. The molecule has 2 aromatic carbocycles. The van der Waals surface area contributed by atoms with Crippen LogP contribution in [0.25, 0.3) is 5.53 Å². The van der Waals surface area contributed by atoms with Gasteiger partial charge < -0.3 is 10.3 Å². The molecular formula is C20H21N3O4S. The van der Waals surface area contributed by atoms with Gasteiger partial charge in [-0.2, -0.15) is 0 Å². The van der Waals surface area contributed by atoms with Gasteiger partial charge in [0.2, 0.25) is 0 Å². The Hall–Kier alpha value is -2.80. The van der Waals surface area contributed by atoms with Gasteiger partial charge in [0.05, 0.1) is 17.5 Å². The van der Waals surface area contributed by atoms with E-state index in [0.29, 0.717) is 6.42 Å². The summed E-state index contributed by atoms with van der Waals surface area (Å²) in [4.78, 5) is 17.3. The first-order chi connectivity index (χ1) is 13.3. The molecule has 0 aromatic heterocycles. The van der Waals surface area contributed by atoms with Crippen LogP contribution in [0.5, 0.6) is 0 Å². The molecule has 0 aliphatic carbocycles. The Morgan fingerprint density at radius 2 is 1.71 bits per heavy atom. The van der Waals surface area contributed by atoms with Gasteiger partial charge in [0.15, 0.2) is 0 Å². The zero-order valence-corrected chi connectivity index (χ0v) is 16.5. The number of carbonyl (C=O) groups excluding carboxylic acids is 1. The Balaban J connectivity index is 1.96. The fourth-order valence-corrected chi connectivity index (χ4v) is 4.53. The Labute approximate surface area is 164 Å². The Kier molecular flexibility index (Phi) is 5.47. The molecule has 2 aromatic rings. The van der Waals surface area contributed by atoms with E-state index in [0.717, 1.165) is 5.56 Å². The summed E-state index contributed by atoms with van der Waals surface area (Å²) >= 11 is 0. The van der Waals surface area contributed by atoms with Gasteiger partial charge in [0.25, 0.3) is 9.84 Å². The van der Waals surface area contributed by atoms with Crippen LogP contribution in [0.1, 0.15) is 19.4 Å². The van der Waals surface area contributed by atoms with Crippen LogP contribution in [0, 0.1) is 0 Å². The Morgan fingerprint density at radius 1 is 1.14 bits per heavy atom. The lowest BCUT2D eigenvalue weighted by Crippen LogP contribution is -2.52. The second kappa shape index (κ2) is 7.67. The highest BCUT2D eigenvalue weighted by molar-refractivity contribution is 8.08. The van der Waals surface area contributed by atoms with Crippen LogP contribution in [0.15, 0.2) is 65.6 Å². The van der Waals surface area contributed by atoms with E-state index in [9.17, 15) is 18.7 Å². The normalized spacial score (nSPS) is 18.5. The molecule has 8 heteroatoms. The van der Waals surface area contributed by atoms with E-state index in [4.69, 9.17) is 4.74 Å². The number of hydrogen-bond donors (Lipinski definition) is 0. The van der Waals surface area contributed by atoms with Gasteiger partial charge in [-0.25, -0.2) is 8.42 Å². The molecule has 3 rings (SSSR count). The zero-order chi connectivity index (χ0) is 20.4. The molecule has 1 aliphatic heterocycles. The molecule has 1 saturated heterocycles. The van der Waals surface area contributed by atoms with Gasteiger partial charge in [0, 0.05) is 0 Å². The van der Waals surface area contributed by atoms with E-state index in [2.05, 4.69) is 4.79 Å². The van der Waals surface area contributed by atoms with Crippen molar-refractivity contribution >= 4 is 20.8 Å². The van der Waals surface area contributed by atoms with Crippen LogP contribution in [-0.4, -0.2) is 47.4 Å². The molecular weight excluding hydrogens is 378 g/mol. The molecule has 7 nitrogen and oxygen atoms in total. The van der Waals surface area contributed by atoms with Crippen molar-refractivity contribution in [1.29, 1.82) is 0 Å². The number of hydrogen-bond acceptors (Lipinski definition) is 4. The first-order valence-electron chi connectivity index (χ1n) is 8.81. The van der Waals surface area contributed by atoms with Crippen molar-refractivity contribution in [2.75, 3.05) is 6.61 Å². The molecule has 0 N–H and O–H groups in total. The molecule has 28 heavy (non-hydrogen) atoms. The van der Waals surface area contributed by atoms with Crippen molar-refractivity contribution in [3.05, 3.63) is 71.8 Å². The van der Waals surface area contributed by atoms with E-state index < -0.39 is 32.6 Å². The molecule has 1 atom stereocenters. The van der Waals surface area contributed by atoms with Crippen LogP contribution < -0.4 is 0 Å². The first kappa shape index (κ1) is 19.9. The molecule has 0 unspecified atom stereocenters. The van der Waals surface area contributed by atoms with Gasteiger partial charge >= 0.3 is 11.0 Å². The highest BCUT2D eigenvalue weighted by Gasteiger charge is 2.51. The molecule has 1 heterocycles. The number of ether oxygens (including phenoxy) is 1. The highest BCUT2D eigenvalue weighted by Crippen LogP contribution is 2.30. The van der Waals surface area contributed by atoms with Crippen molar-refractivity contribution in [2.24, 2.45) is 0 Å². The molecule has 0 bridgehead atoms. The number of carbonyl (C=O) groups is 1. The maximum Gasteiger partial charge on any atom is 0.473 e. The average molecular weight is 399 g/mol. The first-order valence-corrected chi connectivity index (χ1v) is 10.3. The van der Waals surface area contributed by atoms with Crippen LogP contribution in [0.4, 0.5) is 0 Å². The molecule has 0 radical (unpaired) electrons. The average Bonchev–Trinajstić information content (AvgIpc) is 2.97. The van der Waals surface area contributed by atoms with Crippen LogP contribution in [-0.2, 0) is 25.8 Å². The Morgan fingerprint density at radius 3 is 2.29 bits per heavy atom. The molecule has 0 saturated carbocycles. The fraction of sp³-hybridized carbons (Fsp3) is 0.300. The predicted octanol–water partition coefficient (Wildman–Crippen LogP) is 2.29. The molecule has 1 aliphatic rings. The number of sulfone groups is 1. The lowest BCUT2D eigenvalue weighted by atomic mass is 10.0. The number of nitrogens with zero attached hydrogens (tertiary/aromatic N) is 3. The van der Waals surface area contributed by atoms with Crippen molar-refractivity contribution in [1.82, 2.24) is 4.90 Å². The third-order valence-corrected chi connectivity index (χ3v) is 6.35. The van der Waals surface area contributed by atoms with Gasteiger partial charge in [-0.3, -0.25) is 9.69 Å². The Bertz CT molecular complexity index is 1010. The van der Waals surface area contributed by atoms with Crippen LogP contribution in [0.2, 0.25) is 0 Å². The lowest BCUT2D eigenvalue weighted by Gasteiger charge is -2.32. The standard InChI is InChI=1S/C20H21N3O4S/c1-20(2)23(16(14-27-20)13-15-9-5-3-6-10-15)19(24)18(22-21)28(25,26)17-11-7-4-8-12-17/h3-12,16H,13-14H2,1-2H3/t16-/m0/s1. The summed E-state index contributed by atoms with van der Waals surface area (Å²) in [5.41, 5.74) is 9.36. The highest BCUT2D eigenvalue weighted by atomic mass is 32.2. The van der Waals surface area contributed by atoms with E-state index in [-0.39, 0.29) is 11.5 Å². The number of amides is 1. The number of benzene rings is 2. The number of rotatable bonds is 3. The van der Waals surface area contributed by atoms with Crippen molar-refractivity contribution in [3.63, 3.8) is 0 Å². The second-order valence-electron chi connectivity index (χ2n) is 7.00. The minimum atomic E-state index is -4.28. The summed E-state index contributed by atoms with van der Waals surface area (Å²) < 4.78 is 31.5. The third kappa shape index (κ3) is 3.75. The summed E-state index contributed by atoms with van der Waals surface area (Å²) in [5.74, 6) is -0.894. The van der Waals surface area contributed by atoms with Crippen molar-refractivity contribution < 1.29 is 22.7 Å². The maximum atomic E-state index is 13.2. The molecule has 1 amide bonds. The zero-order valence-electron chi connectivity index (χ0n) is 15.6. The fourth-order valence-electron chi connectivity index (χ4n) is 3.36. The largest absolute Gasteiger partial charge is 0.473 e. The predicted molar refractivity (Wildman–Crippen MR) is 103 cm³/mol. The molecule has 146 valence electrons. The topological polar surface area (TPSA) is 100 Å². The van der Waals surface area contributed by atoms with Crippen LogP contribution in [0.3, 0.4) is 0 Å².